The Labute approximate surface area is 201 Å². The lowest BCUT2D eigenvalue weighted by Crippen LogP contribution is -1.97. The minimum absolute atomic E-state index is 0.291. The van der Waals surface area contributed by atoms with Crippen LogP contribution in [0, 0.1) is 0 Å². The predicted molar refractivity (Wildman–Crippen MR) is 138 cm³/mol. The van der Waals surface area contributed by atoms with Crippen molar-refractivity contribution in [3.05, 3.63) is 48.0 Å². The van der Waals surface area contributed by atoms with Crippen LogP contribution in [0.1, 0.15) is 126 Å². The topological polar surface area (TPSA) is 63.1 Å². The molecule has 2 rings (SSSR count). The van der Waals surface area contributed by atoms with Crippen LogP contribution in [0.5, 0.6) is 0 Å². The Bertz CT molecular complexity index is 756. The molecule has 0 aliphatic carbocycles. The molecule has 1 N–H and O–H groups in total. The summed E-state index contributed by atoms with van der Waals surface area (Å²) in [4.78, 5) is 19.9. The van der Waals surface area contributed by atoms with Crippen LogP contribution in [0.15, 0.2) is 36.7 Å². The Balaban J connectivity index is 1.44. The van der Waals surface area contributed by atoms with Crippen LogP contribution in [-0.2, 0) is 6.42 Å². The van der Waals surface area contributed by atoms with Gasteiger partial charge in [-0.1, -0.05) is 115 Å². The SMILES string of the molecule is CCCCCCCCCCCCCCCCCCc1ncc(-c2ccc(C(=O)O)cc2)cn1. The molecule has 1 heterocycles. The Kier molecular flexibility index (Phi) is 14.1. The average Bonchev–Trinajstić information content (AvgIpc) is 2.84. The van der Waals surface area contributed by atoms with Crippen LogP contribution in [0.25, 0.3) is 11.1 Å². The number of carboxylic acids is 1. The van der Waals surface area contributed by atoms with Gasteiger partial charge in [0.15, 0.2) is 0 Å². The lowest BCUT2D eigenvalue weighted by Gasteiger charge is -2.05. The number of hydrogen-bond acceptors (Lipinski definition) is 3. The fourth-order valence-corrected chi connectivity index (χ4v) is 4.27. The van der Waals surface area contributed by atoms with Crippen molar-refractivity contribution in [1.29, 1.82) is 0 Å². The van der Waals surface area contributed by atoms with Gasteiger partial charge in [0.1, 0.15) is 5.82 Å². The molecule has 1 aromatic carbocycles. The lowest BCUT2D eigenvalue weighted by atomic mass is 10.0. The number of aryl methyl sites for hydroxylation is 1. The van der Waals surface area contributed by atoms with E-state index in [0.29, 0.717) is 5.56 Å². The molecule has 2 aromatic rings. The molecule has 0 bridgehead atoms. The van der Waals surface area contributed by atoms with Gasteiger partial charge in [0.05, 0.1) is 5.56 Å². The highest BCUT2D eigenvalue weighted by molar-refractivity contribution is 5.88. The molecule has 182 valence electrons. The van der Waals surface area contributed by atoms with Crippen molar-refractivity contribution in [3.8, 4) is 11.1 Å². The number of nitrogens with zero attached hydrogens (tertiary/aromatic N) is 2. The van der Waals surface area contributed by atoms with E-state index in [1.54, 1.807) is 24.3 Å². The third-order valence-corrected chi connectivity index (χ3v) is 6.42. The lowest BCUT2D eigenvalue weighted by molar-refractivity contribution is 0.0697. The zero-order valence-electron chi connectivity index (χ0n) is 20.7. The predicted octanol–water partition coefficient (Wildman–Crippen LogP) is 8.65. The number of carbonyl (C=O) groups is 1. The molecule has 4 nitrogen and oxygen atoms in total. The Morgan fingerprint density at radius 2 is 1.06 bits per heavy atom. The largest absolute Gasteiger partial charge is 0.478 e. The van der Waals surface area contributed by atoms with E-state index >= 15 is 0 Å². The molecule has 0 aliphatic rings. The summed E-state index contributed by atoms with van der Waals surface area (Å²) in [5, 5.41) is 8.99. The summed E-state index contributed by atoms with van der Waals surface area (Å²) < 4.78 is 0. The summed E-state index contributed by atoms with van der Waals surface area (Å²) in [6.45, 7) is 2.28. The number of aromatic carboxylic acids is 1. The number of aromatic nitrogens is 2. The maximum Gasteiger partial charge on any atom is 0.335 e. The molecule has 4 heteroatoms. The minimum Gasteiger partial charge on any atom is -0.478 e. The third kappa shape index (κ3) is 12.0. The summed E-state index contributed by atoms with van der Waals surface area (Å²) in [5.41, 5.74) is 2.15. The van der Waals surface area contributed by atoms with Gasteiger partial charge in [0, 0.05) is 24.4 Å². The molecular formula is C29H44N2O2. The van der Waals surface area contributed by atoms with Crippen molar-refractivity contribution >= 4 is 5.97 Å². The van der Waals surface area contributed by atoms with Gasteiger partial charge >= 0.3 is 5.97 Å². The quantitative estimate of drug-likeness (QED) is 0.217. The van der Waals surface area contributed by atoms with E-state index in [1.165, 1.54) is 96.3 Å². The molecule has 1 aromatic heterocycles. The van der Waals surface area contributed by atoms with Crippen LogP contribution in [0.4, 0.5) is 0 Å². The van der Waals surface area contributed by atoms with Gasteiger partial charge in [0.2, 0.25) is 0 Å². The van der Waals surface area contributed by atoms with Gasteiger partial charge in [-0.15, -0.1) is 0 Å². The van der Waals surface area contributed by atoms with Gasteiger partial charge in [-0.25, -0.2) is 14.8 Å². The van der Waals surface area contributed by atoms with E-state index in [4.69, 9.17) is 5.11 Å². The summed E-state index contributed by atoms with van der Waals surface area (Å²) in [6, 6.07) is 6.83. The minimum atomic E-state index is -0.910. The van der Waals surface area contributed by atoms with E-state index in [2.05, 4.69) is 16.9 Å². The standard InChI is InChI=1S/C29H44N2O2/c1-2-3-4-5-6-7-8-9-10-11-12-13-14-15-16-17-18-28-30-23-27(24-31-28)25-19-21-26(22-20-25)29(32)33/h19-24H,2-18H2,1H3,(H,32,33). The van der Waals surface area contributed by atoms with E-state index in [1.807, 2.05) is 12.4 Å². The highest BCUT2D eigenvalue weighted by Gasteiger charge is 2.05. The molecule has 0 atom stereocenters. The monoisotopic (exact) mass is 452 g/mol. The summed E-state index contributed by atoms with van der Waals surface area (Å²) in [7, 11) is 0. The molecule has 0 fully saturated rings. The molecule has 33 heavy (non-hydrogen) atoms. The Hall–Kier alpha value is -2.23. The molecular weight excluding hydrogens is 408 g/mol. The maximum absolute atomic E-state index is 11.0. The van der Waals surface area contributed by atoms with Gasteiger partial charge < -0.3 is 5.11 Å². The van der Waals surface area contributed by atoms with E-state index < -0.39 is 5.97 Å². The van der Waals surface area contributed by atoms with Crippen molar-refractivity contribution in [2.24, 2.45) is 0 Å². The van der Waals surface area contributed by atoms with Crippen LogP contribution in [-0.4, -0.2) is 21.0 Å². The summed E-state index contributed by atoms with van der Waals surface area (Å²) in [5.74, 6) is -0.0155. The molecule has 0 unspecified atom stereocenters. The molecule has 0 saturated carbocycles. The van der Waals surface area contributed by atoms with E-state index in [-0.39, 0.29) is 0 Å². The van der Waals surface area contributed by atoms with Crippen molar-refractivity contribution in [1.82, 2.24) is 9.97 Å². The van der Waals surface area contributed by atoms with Crippen molar-refractivity contribution in [2.45, 2.75) is 116 Å². The Morgan fingerprint density at radius 1 is 0.636 bits per heavy atom. The second kappa shape index (κ2) is 17.3. The third-order valence-electron chi connectivity index (χ3n) is 6.42. The first kappa shape index (κ1) is 27.0. The van der Waals surface area contributed by atoms with Crippen LogP contribution >= 0.6 is 0 Å². The van der Waals surface area contributed by atoms with Gasteiger partial charge in [-0.05, 0) is 24.1 Å². The number of carboxylic acid groups (broad SMARTS) is 1. The van der Waals surface area contributed by atoms with Gasteiger partial charge in [0.25, 0.3) is 0 Å². The zero-order chi connectivity index (χ0) is 23.6. The molecule has 0 amide bonds. The van der Waals surface area contributed by atoms with Crippen molar-refractivity contribution in [3.63, 3.8) is 0 Å². The zero-order valence-corrected chi connectivity index (χ0v) is 20.7. The summed E-state index contributed by atoms with van der Waals surface area (Å²) in [6.07, 6.45) is 26.6. The van der Waals surface area contributed by atoms with Crippen LogP contribution in [0.3, 0.4) is 0 Å². The smallest absolute Gasteiger partial charge is 0.335 e. The normalized spacial score (nSPS) is 11.1. The first-order chi connectivity index (χ1) is 16.2. The highest BCUT2D eigenvalue weighted by atomic mass is 16.4. The maximum atomic E-state index is 11.0. The molecule has 0 aliphatic heterocycles. The second-order valence-corrected chi connectivity index (χ2v) is 9.32. The Morgan fingerprint density at radius 3 is 1.48 bits per heavy atom. The van der Waals surface area contributed by atoms with E-state index in [9.17, 15) is 4.79 Å². The van der Waals surface area contributed by atoms with Crippen LogP contribution in [0.2, 0.25) is 0 Å². The van der Waals surface area contributed by atoms with Crippen molar-refractivity contribution < 1.29 is 9.90 Å². The number of unbranched alkanes of at least 4 members (excludes halogenated alkanes) is 15. The fourth-order valence-electron chi connectivity index (χ4n) is 4.27. The molecule has 0 spiro atoms. The highest BCUT2D eigenvalue weighted by Crippen LogP contribution is 2.19. The van der Waals surface area contributed by atoms with Crippen molar-refractivity contribution in [2.75, 3.05) is 0 Å². The average molecular weight is 453 g/mol. The number of rotatable bonds is 19. The molecule has 0 radical (unpaired) electrons. The first-order valence-corrected chi connectivity index (χ1v) is 13.4. The van der Waals surface area contributed by atoms with Crippen LogP contribution < -0.4 is 0 Å². The number of benzene rings is 1. The fraction of sp³-hybridized carbons (Fsp3) is 0.621. The number of hydrogen-bond donors (Lipinski definition) is 1. The van der Waals surface area contributed by atoms with Gasteiger partial charge in [-0.3, -0.25) is 0 Å². The molecule has 0 saturated heterocycles. The first-order valence-electron chi connectivity index (χ1n) is 13.4. The van der Waals surface area contributed by atoms with E-state index in [0.717, 1.165) is 29.8 Å². The van der Waals surface area contributed by atoms with Gasteiger partial charge in [-0.2, -0.15) is 0 Å². The second-order valence-electron chi connectivity index (χ2n) is 9.32. The summed E-state index contributed by atoms with van der Waals surface area (Å²) >= 11 is 0.